The van der Waals surface area contributed by atoms with Gasteiger partial charge in [-0.1, -0.05) is 12.8 Å². The van der Waals surface area contributed by atoms with E-state index in [2.05, 4.69) is 10.3 Å². The molecule has 94 valence electrons. The zero-order valence-corrected chi connectivity index (χ0v) is 10.0. The van der Waals surface area contributed by atoms with Crippen molar-refractivity contribution in [2.45, 2.75) is 32.2 Å². The fraction of sp³-hybridized carbons (Fsp3) is 0.615. The Hall–Kier alpha value is -1.13. The van der Waals surface area contributed by atoms with Gasteiger partial charge in [-0.05, 0) is 25.0 Å². The van der Waals surface area contributed by atoms with Crippen LogP contribution in [0.4, 0.5) is 0 Å². The summed E-state index contributed by atoms with van der Waals surface area (Å²) < 4.78 is 0. The molecule has 3 N–H and O–H groups in total. The number of aliphatic hydroxyl groups is 1. The molecule has 0 bridgehead atoms. The molecule has 17 heavy (non-hydrogen) atoms. The number of nitrogens with zero attached hydrogens (tertiary/aromatic N) is 1. The fourth-order valence-corrected chi connectivity index (χ4v) is 2.49. The zero-order chi connectivity index (χ0) is 12.1. The topological polar surface area (TPSA) is 65.4 Å². The molecule has 1 heterocycles. The first-order chi connectivity index (χ1) is 8.24. The van der Waals surface area contributed by atoms with E-state index in [9.17, 15) is 5.11 Å². The molecule has 4 heteroatoms. The normalized spacial score (nSPS) is 18.4. The molecule has 1 aromatic rings. The minimum absolute atomic E-state index is 0.0803. The van der Waals surface area contributed by atoms with E-state index in [1.807, 2.05) is 6.07 Å². The van der Waals surface area contributed by atoms with Gasteiger partial charge in [-0.2, -0.15) is 0 Å². The lowest BCUT2D eigenvalue weighted by Gasteiger charge is -2.26. The van der Waals surface area contributed by atoms with Crippen molar-refractivity contribution >= 4 is 0 Å². The van der Waals surface area contributed by atoms with Crippen LogP contribution in [-0.4, -0.2) is 28.3 Å². The van der Waals surface area contributed by atoms with E-state index in [0.29, 0.717) is 6.54 Å². The third-order valence-corrected chi connectivity index (χ3v) is 3.61. The molecule has 0 saturated heterocycles. The molecule has 0 atom stereocenters. The van der Waals surface area contributed by atoms with Gasteiger partial charge in [0.15, 0.2) is 0 Å². The molecule has 0 radical (unpaired) electrons. The van der Waals surface area contributed by atoms with Crippen molar-refractivity contribution in [3.05, 3.63) is 24.0 Å². The molecule has 1 aliphatic rings. The van der Waals surface area contributed by atoms with Crippen LogP contribution in [0.15, 0.2) is 18.3 Å². The van der Waals surface area contributed by atoms with Crippen LogP contribution in [0.25, 0.3) is 0 Å². The van der Waals surface area contributed by atoms with Gasteiger partial charge < -0.3 is 15.5 Å². The Morgan fingerprint density at radius 3 is 2.65 bits per heavy atom. The predicted octanol–water partition coefficient (Wildman–Crippen LogP) is 1.43. The van der Waals surface area contributed by atoms with Crippen molar-refractivity contribution in [1.82, 2.24) is 10.3 Å². The molecule has 1 saturated carbocycles. The summed E-state index contributed by atoms with van der Waals surface area (Å²) in [6, 6.07) is 3.45. The average molecular weight is 236 g/mol. The summed E-state index contributed by atoms with van der Waals surface area (Å²) in [5.41, 5.74) is 0.991. The van der Waals surface area contributed by atoms with Crippen molar-refractivity contribution in [2.24, 2.45) is 5.41 Å². The largest absolute Gasteiger partial charge is 0.506 e. The highest BCUT2D eigenvalue weighted by molar-refractivity contribution is 5.17. The van der Waals surface area contributed by atoms with Gasteiger partial charge in [0, 0.05) is 25.1 Å². The molecular weight excluding hydrogens is 216 g/mol. The Bertz CT molecular complexity index is 345. The number of aliphatic hydroxyl groups excluding tert-OH is 1. The Kier molecular flexibility index (Phi) is 3.97. The number of aromatic hydroxyl groups is 1. The lowest BCUT2D eigenvalue weighted by atomic mass is 9.87. The van der Waals surface area contributed by atoms with E-state index in [1.54, 1.807) is 6.07 Å². The van der Waals surface area contributed by atoms with Gasteiger partial charge in [0.2, 0.25) is 0 Å². The lowest BCUT2D eigenvalue weighted by molar-refractivity contribution is 0.128. The molecule has 0 aromatic carbocycles. The molecule has 4 nitrogen and oxygen atoms in total. The third kappa shape index (κ3) is 3.17. The zero-order valence-electron chi connectivity index (χ0n) is 10.0. The molecular formula is C13H20N2O2. The van der Waals surface area contributed by atoms with Crippen LogP contribution in [0.2, 0.25) is 0 Å². The first kappa shape index (κ1) is 12.3. The average Bonchev–Trinajstić information content (AvgIpc) is 2.81. The quantitative estimate of drug-likeness (QED) is 0.723. The van der Waals surface area contributed by atoms with Crippen molar-refractivity contribution in [2.75, 3.05) is 13.2 Å². The van der Waals surface area contributed by atoms with E-state index >= 15 is 0 Å². The van der Waals surface area contributed by atoms with E-state index < -0.39 is 0 Å². The molecule has 0 aliphatic heterocycles. The first-order valence-electron chi connectivity index (χ1n) is 6.20. The number of hydrogen-bond acceptors (Lipinski definition) is 4. The maximum Gasteiger partial charge on any atom is 0.133 e. The van der Waals surface area contributed by atoms with Crippen molar-refractivity contribution in [1.29, 1.82) is 0 Å². The second-order valence-electron chi connectivity index (χ2n) is 4.98. The number of hydrogen-bond donors (Lipinski definition) is 3. The number of rotatable bonds is 5. The Morgan fingerprint density at radius 2 is 2.06 bits per heavy atom. The van der Waals surface area contributed by atoms with E-state index in [4.69, 9.17) is 5.11 Å². The molecule has 1 aliphatic carbocycles. The van der Waals surface area contributed by atoms with Gasteiger partial charge in [0.1, 0.15) is 5.75 Å². The summed E-state index contributed by atoms with van der Waals surface area (Å²) in [5.74, 6) is 0.191. The number of pyridine rings is 1. The minimum Gasteiger partial charge on any atom is -0.506 e. The fourth-order valence-electron chi connectivity index (χ4n) is 2.49. The maximum absolute atomic E-state index is 9.46. The summed E-state index contributed by atoms with van der Waals surface area (Å²) in [7, 11) is 0. The molecule has 0 unspecified atom stereocenters. The van der Waals surface area contributed by atoms with Gasteiger partial charge in [-0.25, -0.2) is 0 Å². The maximum atomic E-state index is 9.46. The molecule has 1 fully saturated rings. The van der Waals surface area contributed by atoms with Crippen molar-refractivity contribution in [3.63, 3.8) is 0 Å². The van der Waals surface area contributed by atoms with Crippen LogP contribution in [0, 0.1) is 5.41 Å². The lowest BCUT2D eigenvalue weighted by Crippen LogP contribution is -2.34. The standard InChI is InChI=1S/C13H20N2O2/c16-10-13(5-1-2-6-13)9-14-7-11-3-4-12(17)8-15-11/h3-4,8,14,16-17H,1-2,5-7,9-10H2. The molecule has 0 spiro atoms. The molecule has 1 aromatic heterocycles. The second-order valence-corrected chi connectivity index (χ2v) is 4.98. The summed E-state index contributed by atoms with van der Waals surface area (Å²) in [6.45, 7) is 1.79. The van der Waals surface area contributed by atoms with Gasteiger partial charge in [0.25, 0.3) is 0 Å². The smallest absolute Gasteiger partial charge is 0.133 e. The molecule has 2 rings (SSSR count). The summed E-state index contributed by atoms with van der Waals surface area (Å²) >= 11 is 0. The van der Waals surface area contributed by atoms with E-state index in [0.717, 1.165) is 25.1 Å². The van der Waals surface area contributed by atoms with Crippen LogP contribution < -0.4 is 5.32 Å². The van der Waals surface area contributed by atoms with Gasteiger partial charge in [-0.15, -0.1) is 0 Å². The Labute approximate surface area is 102 Å². The Morgan fingerprint density at radius 1 is 1.29 bits per heavy atom. The van der Waals surface area contributed by atoms with E-state index in [-0.39, 0.29) is 17.8 Å². The van der Waals surface area contributed by atoms with Crippen molar-refractivity contribution < 1.29 is 10.2 Å². The number of aromatic nitrogens is 1. The first-order valence-corrected chi connectivity index (χ1v) is 6.20. The van der Waals surface area contributed by atoms with Gasteiger partial charge in [-0.3, -0.25) is 4.98 Å². The monoisotopic (exact) mass is 236 g/mol. The summed E-state index contributed by atoms with van der Waals surface area (Å²) in [4.78, 5) is 4.12. The van der Waals surface area contributed by atoms with Gasteiger partial charge >= 0.3 is 0 Å². The van der Waals surface area contributed by atoms with Gasteiger partial charge in [0.05, 0.1) is 11.9 Å². The third-order valence-electron chi connectivity index (χ3n) is 3.61. The second kappa shape index (κ2) is 5.47. The SMILES string of the molecule is OCC1(CNCc2ccc(O)cn2)CCCC1. The highest BCUT2D eigenvalue weighted by Gasteiger charge is 2.32. The van der Waals surface area contributed by atoms with Crippen molar-refractivity contribution in [3.8, 4) is 5.75 Å². The van der Waals surface area contributed by atoms with Crippen LogP contribution >= 0.6 is 0 Å². The minimum atomic E-state index is 0.0803. The van der Waals surface area contributed by atoms with E-state index in [1.165, 1.54) is 19.0 Å². The summed E-state index contributed by atoms with van der Waals surface area (Å²) in [6.07, 6.45) is 6.12. The summed E-state index contributed by atoms with van der Waals surface area (Å²) in [5, 5.41) is 21.9. The predicted molar refractivity (Wildman–Crippen MR) is 65.6 cm³/mol. The highest BCUT2D eigenvalue weighted by Crippen LogP contribution is 2.36. The van der Waals surface area contributed by atoms with Crippen LogP contribution in [0.1, 0.15) is 31.4 Å². The highest BCUT2D eigenvalue weighted by atomic mass is 16.3. The molecule has 0 amide bonds. The Balaban J connectivity index is 1.80. The van der Waals surface area contributed by atoms with Crippen LogP contribution in [0.5, 0.6) is 5.75 Å². The van der Waals surface area contributed by atoms with Crippen LogP contribution in [0.3, 0.4) is 0 Å². The van der Waals surface area contributed by atoms with Crippen LogP contribution in [-0.2, 0) is 6.54 Å². The number of nitrogens with one attached hydrogen (secondary N) is 1.